The average molecular weight is 445 g/mol. The molecule has 2 heterocycles. The molecule has 3 aromatic rings. The van der Waals surface area contributed by atoms with Gasteiger partial charge < -0.3 is 5.73 Å². The Morgan fingerprint density at radius 1 is 1.27 bits per heavy atom. The number of aryl methyl sites for hydroxylation is 4. The SMILES string of the molecule is CCc1c(C)sc2nc(SC(C)C(=O)NC(N)=O)n(-c3ccc(C)c(C)c3)c(=O)c12. The molecule has 3 amide bonds. The number of hydrogen-bond acceptors (Lipinski definition) is 6. The molecule has 0 bridgehead atoms. The third-order valence-electron chi connectivity index (χ3n) is 5.00. The third kappa shape index (κ3) is 4.13. The lowest BCUT2D eigenvalue weighted by Gasteiger charge is -2.16. The van der Waals surface area contributed by atoms with Crippen LogP contribution in [0.4, 0.5) is 4.79 Å². The van der Waals surface area contributed by atoms with E-state index in [1.807, 2.05) is 45.9 Å². The number of benzene rings is 1. The minimum Gasteiger partial charge on any atom is -0.351 e. The van der Waals surface area contributed by atoms with Gasteiger partial charge in [-0.3, -0.25) is 19.5 Å². The van der Waals surface area contributed by atoms with E-state index >= 15 is 0 Å². The number of thioether (sulfide) groups is 1. The summed E-state index contributed by atoms with van der Waals surface area (Å²) >= 11 is 2.59. The standard InChI is InChI=1S/C21H24N4O3S2/c1-6-15-12(4)29-18-16(15)19(27)25(14-8-7-10(2)11(3)9-14)21(24-18)30-13(5)17(26)23-20(22)28/h7-9,13H,6H2,1-5H3,(H3,22,23,26,28). The zero-order chi connectivity index (χ0) is 22.2. The van der Waals surface area contributed by atoms with Gasteiger partial charge >= 0.3 is 6.03 Å². The van der Waals surface area contributed by atoms with Crippen molar-refractivity contribution in [2.45, 2.75) is 51.4 Å². The highest BCUT2D eigenvalue weighted by atomic mass is 32.2. The van der Waals surface area contributed by atoms with Crippen LogP contribution >= 0.6 is 23.1 Å². The number of carbonyl (C=O) groups excluding carboxylic acids is 2. The molecule has 1 aromatic carbocycles. The fourth-order valence-electron chi connectivity index (χ4n) is 3.23. The second-order valence-corrected chi connectivity index (χ2v) is 9.60. The third-order valence-corrected chi connectivity index (χ3v) is 7.09. The molecule has 3 rings (SSSR count). The highest BCUT2D eigenvalue weighted by Crippen LogP contribution is 2.32. The maximum atomic E-state index is 13.6. The highest BCUT2D eigenvalue weighted by molar-refractivity contribution is 8.00. The number of primary amides is 1. The van der Waals surface area contributed by atoms with Gasteiger partial charge in [0, 0.05) is 4.88 Å². The molecule has 7 nitrogen and oxygen atoms in total. The molecule has 0 aliphatic heterocycles. The van der Waals surface area contributed by atoms with Crippen LogP contribution in [0.15, 0.2) is 28.2 Å². The number of nitrogens with one attached hydrogen (secondary N) is 1. The topological polar surface area (TPSA) is 107 Å². The predicted molar refractivity (Wildman–Crippen MR) is 122 cm³/mol. The second kappa shape index (κ2) is 8.61. The maximum Gasteiger partial charge on any atom is 0.318 e. The van der Waals surface area contributed by atoms with Crippen LogP contribution < -0.4 is 16.6 Å². The normalized spacial score (nSPS) is 12.2. The van der Waals surface area contributed by atoms with E-state index in [0.717, 1.165) is 39.8 Å². The zero-order valence-electron chi connectivity index (χ0n) is 17.5. The molecule has 1 atom stereocenters. The van der Waals surface area contributed by atoms with Crippen LogP contribution in [0.5, 0.6) is 0 Å². The number of urea groups is 1. The van der Waals surface area contributed by atoms with E-state index in [4.69, 9.17) is 10.7 Å². The molecule has 1 unspecified atom stereocenters. The van der Waals surface area contributed by atoms with Crippen molar-refractivity contribution in [1.29, 1.82) is 0 Å². The van der Waals surface area contributed by atoms with Gasteiger partial charge in [-0.1, -0.05) is 24.8 Å². The minimum atomic E-state index is -0.913. The monoisotopic (exact) mass is 444 g/mol. The molecule has 0 fully saturated rings. The Morgan fingerprint density at radius 2 is 1.97 bits per heavy atom. The second-order valence-electron chi connectivity index (χ2n) is 7.09. The van der Waals surface area contributed by atoms with Gasteiger partial charge in [-0.25, -0.2) is 9.78 Å². The van der Waals surface area contributed by atoms with Gasteiger partial charge in [0.25, 0.3) is 5.56 Å². The van der Waals surface area contributed by atoms with Crippen molar-refractivity contribution < 1.29 is 9.59 Å². The first-order chi connectivity index (χ1) is 14.1. The van der Waals surface area contributed by atoms with Gasteiger partial charge in [0.1, 0.15) is 4.83 Å². The summed E-state index contributed by atoms with van der Waals surface area (Å²) < 4.78 is 1.55. The van der Waals surface area contributed by atoms with Gasteiger partial charge in [-0.15, -0.1) is 11.3 Å². The molecule has 9 heteroatoms. The van der Waals surface area contributed by atoms with Crippen molar-refractivity contribution in [2.75, 3.05) is 0 Å². The van der Waals surface area contributed by atoms with Crippen LogP contribution in [0.1, 0.15) is 35.4 Å². The first-order valence-corrected chi connectivity index (χ1v) is 11.2. The molecule has 3 N–H and O–H groups in total. The zero-order valence-corrected chi connectivity index (χ0v) is 19.2. The van der Waals surface area contributed by atoms with Gasteiger partial charge in [0.05, 0.1) is 16.3 Å². The van der Waals surface area contributed by atoms with Crippen molar-refractivity contribution in [3.05, 3.63) is 50.1 Å². The summed E-state index contributed by atoms with van der Waals surface area (Å²) in [6.07, 6.45) is 0.736. The molecular formula is C21H24N4O3S2. The minimum absolute atomic E-state index is 0.158. The van der Waals surface area contributed by atoms with Crippen molar-refractivity contribution in [3.63, 3.8) is 0 Å². The lowest BCUT2D eigenvalue weighted by atomic mass is 10.1. The molecule has 0 spiro atoms. The summed E-state index contributed by atoms with van der Waals surface area (Å²) in [6.45, 7) is 9.64. The molecule has 0 aliphatic carbocycles. The van der Waals surface area contributed by atoms with Crippen molar-refractivity contribution >= 4 is 45.3 Å². The van der Waals surface area contributed by atoms with E-state index in [1.165, 1.54) is 11.3 Å². The molecular weight excluding hydrogens is 420 g/mol. The molecule has 0 saturated carbocycles. The van der Waals surface area contributed by atoms with E-state index in [-0.39, 0.29) is 5.56 Å². The summed E-state index contributed by atoms with van der Waals surface area (Å²) in [5.41, 5.74) is 8.76. The predicted octanol–water partition coefficient (Wildman–Crippen LogP) is 3.61. The fourth-order valence-corrected chi connectivity index (χ4v) is 5.31. The maximum absolute atomic E-state index is 13.6. The number of rotatable bonds is 5. The van der Waals surface area contributed by atoms with Crippen molar-refractivity contribution in [3.8, 4) is 5.69 Å². The fraction of sp³-hybridized carbons (Fsp3) is 0.333. The highest BCUT2D eigenvalue weighted by Gasteiger charge is 2.23. The number of fused-ring (bicyclic) bond motifs is 1. The van der Waals surface area contributed by atoms with Gasteiger partial charge in [0.15, 0.2) is 5.16 Å². The Labute approximate surface area is 182 Å². The Bertz CT molecular complexity index is 1210. The molecule has 0 radical (unpaired) electrons. The van der Waals surface area contributed by atoms with Crippen LogP contribution in [0, 0.1) is 20.8 Å². The lowest BCUT2D eigenvalue weighted by molar-refractivity contribution is -0.119. The number of amides is 3. The molecule has 0 saturated heterocycles. The largest absolute Gasteiger partial charge is 0.351 e. The average Bonchev–Trinajstić information content (AvgIpc) is 2.99. The number of imide groups is 1. The van der Waals surface area contributed by atoms with Crippen LogP contribution in [-0.4, -0.2) is 26.7 Å². The smallest absolute Gasteiger partial charge is 0.318 e. The summed E-state index contributed by atoms with van der Waals surface area (Å²) in [5.74, 6) is -0.537. The number of hydrogen-bond donors (Lipinski definition) is 2. The quantitative estimate of drug-likeness (QED) is 0.462. The van der Waals surface area contributed by atoms with E-state index in [9.17, 15) is 14.4 Å². The number of thiophene rings is 1. The number of aromatic nitrogens is 2. The van der Waals surface area contributed by atoms with E-state index in [0.29, 0.717) is 21.1 Å². The van der Waals surface area contributed by atoms with Gasteiger partial charge in [-0.2, -0.15) is 0 Å². The molecule has 30 heavy (non-hydrogen) atoms. The number of nitrogens with two attached hydrogens (primary N) is 1. The number of nitrogens with zero attached hydrogens (tertiary/aromatic N) is 2. The molecule has 2 aromatic heterocycles. The van der Waals surface area contributed by atoms with E-state index < -0.39 is 17.2 Å². The summed E-state index contributed by atoms with van der Waals surface area (Å²) in [5, 5.41) is 2.42. The molecule has 0 aliphatic rings. The first-order valence-electron chi connectivity index (χ1n) is 9.53. The Balaban J connectivity index is 2.24. The van der Waals surface area contributed by atoms with E-state index in [1.54, 1.807) is 11.5 Å². The Hall–Kier alpha value is -2.65. The van der Waals surface area contributed by atoms with Gasteiger partial charge in [-0.05, 0) is 62.9 Å². The van der Waals surface area contributed by atoms with Crippen molar-refractivity contribution in [1.82, 2.24) is 14.9 Å². The Morgan fingerprint density at radius 3 is 2.57 bits per heavy atom. The summed E-state index contributed by atoms with van der Waals surface area (Å²) in [7, 11) is 0. The van der Waals surface area contributed by atoms with Crippen LogP contribution in [-0.2, 0) is 11.2 Å². The van der Waals surface area contributed by atoms with Crippen LogP contribution in [0.2, 0.25) is 0 Å². The van der Waals surface area contributed by atoms with Gasteiger partial charge in [0.2, 0.25) is 5.91 Å². The molecule has 158 valence electrons. The van der Waals surface area contributed by atoms with Crippen LogP contribution in [0.3, 0.4) is 0 Å². The van der Waals surface area contributed by atoms with Crippen molar-refractivity contribution in [2.24, 2.45) is 5.73 Å². The summed E-state index contributed by atoms with van der Waals surface area (Å²) in [4.78, 5) is 43.3. The lowest BCUT2D eigenvalue weighted by Crippen LogP contribution is -2.39. The summed E-state index contributed by atoms with van der Waals surface area (Å²) in [6, 6.07) is 4.86. The first kappa shape index (κ1) is 22.0. The van der Waals surface area contributed by atoms with E-state index in [2.05, 4.69) is 5.32 Å². The Kier molecular flexibility index (Phi) is 6.33. The number of carbonyl (C=O) groups is 2. The van der Waals surface area contributed by atoms with Crippen LogP contribution in [0.25, 0.3) is 15.9 Å².